The molecule has 0 amide bonds. The molecule has 0 aliphatic carbocycles. The third-order valence-electron chi connectivity index (χ3n) is 2.37. The Bertz CT molecular complexity index is 514. The molecule has 1 aromatic rings. The second kappa shape index (κ2) is 6.14. The molecule has 0 saturated carbocycles. The lowest BCUT2D eigenvalue weighted by atomic mass is 9.97. The summed E-state index contributed by atoms with van der Waals surface area (Å²) in [6.07, 6.45) is 0. The molecular formula is C11H10ClNO6. The van der Waals surface area contributed by atoms with Crippen molar-refractivity contribution < 1.29 is 24.0 Å². The van der Waals surface area contributed by atoms with E-state index in [1.54, 1.807) is 0 Å². The first-order valence-corrected chi connectivity index (χ1v) is 5.39. The first kappa shape index (κ1) is 14.9. The summed E-state index contributed by atoms with van der Waals surface area (Å²) in [5, 5.41) is 11.1. The van der Waals surface area contributed by atoms with Gasteiger partial charge in [0.1, 0.15) is 0 Å². The number of nitrogens with zero attached hydrogens (tertiary/aromatic N) is 1. The number of halogens is 1. The molecule has 1 rings (SSSR count). The first-order chi connectivity index (χ1) is 8.92. The summed E-state index contributed by atoms with van der Waals surface area (Å²) in [6, 6.07) is 3.56. The van der Waals surface area contributed by atoms with E-state index < -0.39 is 28.5 Å². The van der Waals surface area contributed by atoms with E-state index in [1.807, 2.05) is 0 Å². The fourth-order valence-corrected chi connectivity index (χ4v) is 1.69. The number of ether oxygens (including phenoxy) is 2. The van der Waals surface area contributed by atoms with Gasteiger partial charge in [-0.1, -0.05) is 11.6 Å². The number of hydrogen-bond acceptors (Lipinski definition) is 6. The van der Waals surface area contributed by atoms with Crippen LogP contribution in [0.2, 0.25) is 5.02 Å². The van der Waals surface area contributed by atoms with E-state index in [0.717, 1.165) is 26.4 Å². The van der Waals surface area contributed by atoms with Crippen molar-refractivity contribution in [1.82, 2.24) is 0 Å². The molecule has 0 bridgehead atoms. The molecule has 0 aliphatic heterocycles. The van der Waals surface area contributed by atoms with Crippen LogP contribution in [0.3, 0.4) is 0 Å². The zero-order valence-corrected chi connectivity index (χ0v) is 10.8. The highest BCUT2D eigenvalue weighted by Gasteiger charge is 2.36. The summed E-state index contributed by atoms with van der Waals surface area (Å²) < 4.78 is 8.92. The molecule has 0 atom stereocenters. The van der Waals surface area contributed by atoms with Gasteiger partial charge in [0.25, 0.3) is 5.69 Å². The van der Waals surface area contributed by atoms with Crippen molar-refractivity contribution in [1.29, 1.82) is 0 Å². The average Bonchev–Trinajstić information content (AvgIpc) is 2.38. The molecule has 102 valence electrons. The van der Waals surface area contributed by atoms with E-state index in [2.05, 4.69) is 9.47 Å². The third-order valence-corrected chi connectivity index (χ3v) is 2.61. The Morgan fingerprint density at radius 2 is 1.79 bits per heavy atom. The van der Waals surface area contributed by atoms with E-state index in [0.29, 0.717) is 0 Å². The molecule has 0 aliphatic rings. The van der Waals surface area contributed by atoms with Gasteiger partial charge in [0, 0.05) is 11.1 Å². The predicted molar refractivity (Wildman–Crippen MR) is 64.9 cm³/mol. The molecule has 19 heavy (non-hydrogen) atoms. The van der Waals surface area contributed by atoms with Crippen LogP contribution in [0.25, 0.3) is 0 Å². The fraction of sp³-hybridized carbons (Fsp3) is 0.273. The zero-order chi connectivity index (χ0) is 14.6. The fourth-order valence-electron chi connectivity index (χ4n) is 1.51. The second-order valence-corrected chi connectivity index (χ2v) is 3.88. The monoisotopic (exact) mass is 287 g/mol. The Labute approximate surface area is 113 Å². The van der Waals surface area contributed by atoms with Gasteiger partial charge >= 0.3 is 11.9 Å². The molecule has 0 N–H and O–H groups in total. The smallest absolute Gasteiger partial charge is 0.324 e. The number of nitro groups is 1. The minimum atomic E-state index is -1.55. The molecule has 0 saturated heterocycles. The normalized spacial score (nSPS) is 10.1. The van der Waals surface area contributed by atoms with Gasteiger partial charge in [-0.25, -0.2) is 0 Å². The lowest BCUT2D eigenvalue weighted by Gasteiger charge is -2.13. The van der Waals surface area contributed by atoms with Crippen LogP contribution in [0.15, 0.2) is 18.2 Å². The van der Waals surface area contributed by atoms with E-state index in [9.17, 15) is 19.7 Å². The standard InChI is InChI=1S/C11H10ClNO6/c1-18-10(14)9(11(15)19-2)7-5-6(12)3-4-8(7)13(16)17/h3-5,9H,1-2H3. The lowest BCUT2D eigenvalue weighted by molar-refractivity contribution is -0.385. The van der Waals surface area contributed by atoms with Crippen molar-refractivity contribution in [3.8, 4) is 0 Å². The molecule has 1 aromatic carbocycles. The number of esters is 2. The Morgan fingerprint density at radius 3 is 2.21 bits per heavy atom. The summed E-state index contributed by atoms with van der Waals surface area (Å²) in [5.74, 6) is -3.47. The Balaban J connectivity index is 3.44. The molecule has 0 fully saturated rings. The number of benzene rings is 1. The molecule has 0 heterocycles. The van der Waals surface area contributed by atoms with E-state index >= 15 is 0 Å². The molecule has 0 radical (unpaired) electrons. The van der Waals surface area contributed by atoms with Gasteiger partial charge in [0.05, 0.1) is 24.7 Å². The summed E-state index contributed by atoms with van der Waals surface area (Å²) in [6.45, 7) is 0. The van der Waals surface area contributed by atoms with Crippen LogP contribution in [0.4, 0.5) is 5.69 Å². The third kappa shape index (κ3) is 3.19. The van der Waals surface area contributed by atoms with Crippen LogP contribution >= 0.6 is 11.6 Å². The van der Waals surface area contributed by atoms with Gasteiger partial charge in [-0.2, -0.15) is 0 Å². The highest BCUT2D eigenvalue weighted by molar-refractivity contribution is 6.30. The van der Waals surface area contributed by atoms with Crippen LogP contribution in [-0.4, -0.2) is 31.1 Å². The molecule has 0 aromatic heterocycles. The van der Waals surface area contributed by atoms with Gasteiger partial charge in [-0.15, -0.1) is 0 Å². The molecule has 8 heteroatoms. The molecule has 7 nitrogen and oxygen atoms in total. The number of nitro benzene ring substituents is 1. The van der Waals surface area contributed by atoms with Gasteiger partial charge in [-0.3, -0.25) is 19.7 Å². The van der Waals surface area contributed by atoms with Crippen molar-refractivity contribution in [3.05, 3.63) is 38.9 Å². The highest BCUT2D eigenvalue weighted by atomic mass is 35.5. The molecular weight excluding hydrogens is 278 g/mol. The number of carbonyl (C=O) groups excluding carboxylic acids is 2. The minimum Gasteiger partial charge on any atom is -0.468 e. The largest absolute Gasteiger partial charge is 0.468 e. The number of hydrogen-bond donors (Lipinski definition) is 0. The van der Waals surface area contributed by atoms with Gasteiger partial charge in [0.15, 0.2) is 5.92 Å². The van der Waals surface area contributed by atoms with E-state index in [1.165, 1.54) is 6.07 Å². The maximum Gasteiger partial charge on any atom is 0.324 e. The first-order valence-electron chi connectivity index (χ1n) is 5.01. The number of methoxy groups -OCH3 is 2. The van der Waals surface area contributed by atoms with E-state index in [4.69, 9.17) is 11.6 Å². The van der Waals surface area contributed by atoms with Crippen molar-refractivity contribution in [2.75, 3.05) is 14.2 Å². The van der Waals surface area contributed by atoms with Gasteiger partial charge < -0.3 is 9.47 Å². The SMILES string of the molecule is COC(=O)C(C(=O)OC)c1cc(Cl)ccc1[N+](=O)[O-]. The average molecular weight is 288 g/mol. The van der Waals surface area contributed by atoms with Crippen LogP contribution in [0.1, 0.15) is 11.5 Å². The lowest BCUT2D eigenvalue weighted by Crippen LogP contribution is -2.25. The number of rotatable bonds is 4. The topological polar surface area (TPSA) is 95.7 Å². The van der Waals surface area contributed by atoms with Crippen LogP contribution < -0.4 is 0 Å². The summed E-state index contributed by atoms with van der Waals surface area (Å²) in [5.41, 5.74) is -0.582. The van der Waals surface area contributed by atoms with Crippen molar-refractivity contribution >= 4 is 29.2 Å². The van der Waals surface area contributed by atoms with Crippen molar-refractivity contribution in [2.24, 2.45) is 0 Å². The van der Waals surface area contributed by atoms with Crippen LogP contribution in [-0.2, 0) is 19.1 Å². The van der Waals surface area contributed by atoms with Crippen LogP contribution in [0, 0.1) is 10.1 Å². The molecule has 0 spiro atoms. The van der Waals surface area contributed by atoms with Crippen LogP contribution in [0.5, 0.6) is 0 Å². The summed E-state index contributed by atoms with van der Waals surface area (Å²) >= 11 is 5.73. The quantitative estimate of drug-likeness (QED) is 0.362. The predicted octanol–water partition coefficient (Wildman–Crippen LogP) is 1.68. The molecule has 0 unspecified atom stereocenters. The summed E-state index contributed by atoms with van der Waals surface area (Å²) in [4.78, 5) is 33.4. The van der Waals surface area contributed by atoms with Gasteiger partial charge in [-0.05, 0) is 12.1 Å². The maximum atomic E-state index is 11.6. The Hall–Kier alpha value is -2.15. The van der Waals surface area contributed by atoms with E-state index in [-0.39, 0.29) is 10.6 Å². The zero-order valence-electron chi connectivity index (χ0n) is 10.1. The second-order valence-electron chi connectivity index (χ2n) is 3.44. The number of carbonyl (C=O) groups is 2. The van der Waals surface area contributed by atoms with Gasteiger partial charge in [0.2, 0.25) is 0 Å². The Kier molecular flexibility index (Phi) is 4.82. The minimum absolute atomic E-state index is 0.151. The summed E-state index contributed by atoms with van der Waals surface area (Å²) in [7, 11) is 2.13. The maximum absolute atomic E-state index is 11.6. The Morgan fingerprint density at radius 1 is 1.26 bits per heavy atom. The van der Waals surface area contributed by atoms with Crippen molar-refractivity contribution in [3.63, 3.8) is 0 Å². The van der Waals surface area contributed by atoms with Crippen molar-refractivity contribution in [2.45, 2.75) is 5.92 Å². The highest BCUT2D eigenvalue weighted by Crippen LogP contribution is 2.31.